The van der Waals surface area contributed by atoms with E-state index in [2.05, 4.69) is 45.0 Å². The highest BCUT2D eigenvalue weighted by Gasteiger charge is 2.60. The van der Waals surface area contributed by atoms with Crippen LogP contribution in [0.15, 0.2) is 36.4 Å². The van der Waals surface area contributed by atoms with Crippen molar-refractivity contribution in [3.63, 3.8) is 0 Å². The first-order valence-corrected chi connectivity index (χ1v) is 35.9. The van der Waals surface area contributed by atoms with Gasteiger partial charge in [0.2, 0.25) is 0 Å². The van der Waals surface area contributed by atoms with Gasteiger partial charge in [-0.05, 0) is 245 Å². The molecule has 13 atom stereocenters. The smallest absolute Gasteiger partial charge is 0.389 e. The van der Waals surface area contributed by atoms with Gasteiger partial charge in [-0.2, -0.15) is 49.9 Å². The molecule has 83 heavy (non-hydrogen) atoms. The van der Waals surface area contributed by atoms with Crippen LogP contribution < -0.4 is 0 Å². The van der Waals surface area contributed by atoms with Crippen molar-refractivity contribution >= 4 is 29.3 Å². The van der Waals surface area contributed by atoms with Crippen LogP contribution in [0.25, 0.3) is 0 Å². The summed E-state index contributed by atoms with van der Waals surface area (Å²) in [6.45, 7) is 7.73. The van der Waals surface area contributed by atoms with Gasteiger partial charge in [-0.25, -0.2) is 0 Å². The lowest BCUT2D eigenvalue weighted by Crippen LogP contribution is -2.50. The number of aliphatic hydroxyl groups excluding tert-OH is 1. The van der Waals surface area contributed by atoms with E-state index >= 15 is 0 Å². The Morgan fingerprint density at radius 2 is 1.14 bits per heavy atom. The molecule has 0 spiro atoms. The molecule has 2 aromatic rings. The Labute approximate surface area is 505 Å². The van der Waals surface area contributed by atoms with Gasteiger partial charge < -0.3 is 19.7 Å². The van der Waals surface area contributed by atoms with Crippen molar-refractivity contribution < 1.29 is 50.8 Å². The summed E-state index contributed by atoms with van der Waals surface area (Å²) in [7, 11) is 0. The Hall–Kier alpha value is -1.93. The SMILES string of the molecule is CC12CCC3c4ccc(O)cc4C[C@@H](CCCCCCCCCSCCCCC(F)(F)F)C3C1CCC2O.Cc1ccc2c(c1)C(=O)[C@@H](CCCCCCCCCSCCCCC(F)(F)F)C1C2CCC2(C)C(OC3CCCCO3)CCC12. The van der Waals surface area contributed by atoms with E-state index < -0.39 is 25.2 Å². The van der Waals surface area contributed by atoms with Gasteiger partial charge in [0, 0.05) is 30.9 Å². The summed E-state index contributed by atoms with van der Waals surface area (Å²) in [5, 5.41) is 21.0. The van der Waals surface area contributed by atoms with Crippen molar-refractivity contribution in [2.45, 2.75) is 282 Å². The molecule has 2 aromatic carbocycles. The number of Topliss-reactive ketones (excluding diaryl/α,β-unsaturated/α-hetero) is 1. The number of benzene rings is 2. The maximum atomic E-state index is 14.2. The van der Waals surface area contributed by atoms with Gasteiger partial charge in [0.25, 0.3) is 0 Å². The topological polar surface area (TPSA) is 76.0 Å². The minimum atomic E-state index is -4.01. The largest absolute Gasteiger partial charge is 0.508 e. The van der Waals surface area contributed by atoms with Crippen LogP contribution in [0.4, 0.5) is 26.3 Å². The monoisotopic (exact) mass is 1200 g/mol. The fourth-order valence-corrected chi connectivity index (χ4v) is 19.5. The number of unbranched alkanes of at least 4 members (excludes halogenated alkanes) is 14. The predicted octanol–water partition coefficient (Wildman–Crippen LogP) is 20.6. The Morgan fingerprint density at radius 1 is 0.602 bits per heavy atom. The molecule has 0 bridgehead atoms. The molecular formula is C70H106F6O5S2. The van der Waals surface area contributed by atoms with E-state index in [-0.39, 0.29) is 48.1 Å². The number of aliphatic hydroxyl groups is 1. The fraction of sp³-hybridized carbons (Fsp3) is 0.814. The average Bonchev–Trinajstić information content (AvgIpc) is 2.94. The number of rotatable bonds is 30. The number of carbonyl (C=O) groups excluding carboxylic acids is 1. The van der Waals surface area contributed by atoms with E-state index in [9.17, 15) is 41.4 Å². The molecule has 13 heteroatoms. The van der Waals surface area contributed by atoms with E-state index in [0.29, 0.717) is 65.8 Å². The predicted molar refractivity (Wildman–Crippen MR) is 330 cm³/mol. The van der Waals surface area contributed by atoms with Crippen LogP contribution in [0.3, 0.4) is 0 Å². The highest BCUT2D eigenvalue weighted by Crippen LogP contribution is 2.65. The Kier molecular flexibility index (Phi) is 25.8. The number of aromatic hydroxyl groups is 1. The first kappa shape index (κ1) is 67.0. The molecule has 1 saturated heterocycles. The molecule has 5 fully saturated rings. The number of alkyl halides is 6. The molecule has 0 radical (unpaired) electrons. The second-order valence-electron chi connectivity index (χ2n) is 27.6. The zero-order valence-electron chi connectivity index (χ0n) is 51.1. The highest BCUT2D eigenvalue weighted by molar-refractivity contribution is 7.99. The van der Waals surface area contributed by atoms with Crippen LogP contribution in [0.1, 0.15) is 270 Å². The molecule has 0 amide bonds. The molecule has 470 valence electrons. The van der Waals surface area contributed by atoms with Crippen molar-refractivity contribution in [1.82, 2.24) is 0 Å². The number of carbonyl (C=O) groups is 1. The zero-order valence-corrected chi connectivity index (χ0v) is 52.7. The third-order valence-electron chi connectivity index (χ3n) is 21.9. The number of phenolic OH excluding ortho intramolecular Hbond substituents is 1. The molecule has 11 unspecified atom stereocenters. The number of phenols is 1. The van der Waals surface area contributed by atoms with Crippen LogP contribution in [0, 0.1) is 53.3 Å². The normalized spacial score (nSPS) is 31.1. The molecule has 4 saturated carbocycles. The van der Waals surface area contributed by atoms with E-state index in [1.807, 2.05) is 12.1 Å². The molecule has 2 N–H and O–H groups in total. The average molecular weight is 1210 g/mol. The minimum absolute atomic E-state index is 0.0556. The quantitative estimate of drug-likeness (QED) is 0.0596. The third kappa shape index (κ3) is 18.6. The van der Waals surface area contributed by atoms with Crippen LogP contribution in [-0.2, 0) is 15.9 Å². The minimum Gasteiger partial charge on any atom is -0.508 e. The molecule has 1 heterocycles. The number of thioether (sulfide) groups is 2. The maximum absolute atomic E-state index is 14.2. The number of fused-ring (bicyclic) bond motifs is 10. The van der Waals surface area contributed by atoms with Crippen LogP contribution >= 0.6 is 23.5 Å². The number of hydrogen-bond donors (Lipinski definition) is 2. The zero-order chi connectivity index (χ0) is 59.0. The second kappa shape index (κ2) is 32.0. The molecular weight excluding hydrogens is 1100 g/mol. The molecule has 6 aliphatic carbocycles. The third-order valence-corrected chi connectivity index (χ3v) is 24.2. The van der Waals surface area contributed by atoms with Crippen molar-refractivity contribution in [2.75, 3.05) is 29.6 Å². The second-order valence-corrected chi connectivity index (χ2v) is 30.0. The molecule has 9 rings (SSSR count). The first-order chi connectivity index (χ1) is 39.9. The number of hydrogen-bond acceptors (Lipinski definition) is 7. The van der Waals surface area contributed by atoms with E-state index in [1.165, 1.54) is 119 Å². The van der Waals surface area contributed by atoms with Gasteiger partial charge in [0.15, 0.2) is 12.1 Å². The summed E-state index contributed by atoms with van der Waals surface area (Å²) in [4.78, 5) is 14.2. The lowest BCUT2D eigenvalue weighted by atomic mass is 9.51. The summed E-state index contributed by atoms with van der Waals surface area (Å²) in [5.74, 6) is 8.64. The molecule has 5 nitrogen and oxygen atoms in total. The van der Waals surface area contributed by atoms with Gasteiger partial charge >= 0.3 is 12.4 Å². The van der Waals surface area contributed by atoms with Crippen molar-refractivity contribution in [3.05, 3.63) is 64.2 Å². The van der Waals surface area contributed by atoms with Gasteiger partial charge in [-0.15, -0.1) is 0 Å². The summed E-state index contributed by atoms with van der Waals surface area (Å²) in [6.07, 6.45) is 25.2. The Balaban J connectivity index is 0.000000220. The van der Waals surface area contributed by atoms with Gasteiger partial charge in [-0.1, -0.05) is 115 Å². The maximum Gasteiger partial charge on any atom is 0.389 e. The summed E-state index contributed by atoms with van der Waals surface area (Å²) < 4.78 is 85.9. The van der Waals surface area contributed by atoms with E-state index in [0.717, 1.165) is 119 Å². The van der Waals surface area contributed by atoms with E-state index in [1.54, 1.807) is 23.5 Å². The van der Waals surface area contributed by atoms with Gasteiger partial charge in [0.05, 0.1) is 12.2 Å². The fourth-order valence-electron chi connectivity index (χ4n) is 17.4. The summed E-state index contributed by atoms with van der Waals surface area (Å²) in [5.41, 5.74) is 6.52. The molecule has 0 aromatic heterocycles. The number of ether oxygens (including phenoxy) is 2. The lowest BCUT2D eigenvalue weighted by molar-refractivity contribution is -0.213. The highest BCUT2D eigenvalue weighted by atomic mass is 32.2. The van der Waals surface area contributed by atoms with Gasteiger partial charge in [-0.3, -0.25) is 4.79 Å². The van der Waals surface area contributed by atoms with Crippen molar-refractivity contribution in [3.8, 4) is 5.75 Å². The summed E-state index contributed by atoms with van der Waals surface area (Å²) >= 11 is 3.60. The Bertz CT molecular complexity index is 2270. The first-order valence-electron chi connectivity index (χ1n) is 33.6. The molecule has 7 aliphatic rings. The van der Waals surface area contributed by atoms with Crippen LogP contribution in [-0.4, -0.2) is 76.5 Å². The number of ketones is 1. The summed E-state index contributed by atoms with van der Waals surface area (Å²) in [6, 6.07) is 12.7. The molecule has 1 aliphatic heterocycles. The van der Waals surface area contributed by atoms with Crippen LogP contribution in [0.2, 0.25) is 0 Å². The van der Waals surface area contributed by atoms with Crippen molar-refractivity contribution in [2.24, 2.45) is 46.3 Å². The van der Waals surface area contributed by atoms with Crippen LogP contribution in [0.5, 0.6) is 5.75 Å². The van der Waals surface area contributed by atoms with E-state index in [4.69, 9.17) is 9.47 Å². The number of aryl methyl sites for hydroxylation is 1. The lowest BCUT2D eigenvalue weighted by Gasteiger charge is -2.53. The van der Waals surface area contributed by atoms with Gasteiger partial charge in [0.1, 0.15) is 5.75 Å². The standard InChI is InChI=1S/C38H57F3O3S.C32H49F3O2S/c1-27-16-17-28-29-20-22-37(2)32(18-19-33(37)44-34-15-9-11-23-43-34)35(29)30(36(42)31(28)26-27)14-8-6-4-3-5-7-12-24-45-25-13-10-21-38(39,40)41;1-31-18-16-27-26-13-12-25(36)22-24(26)21-23(30(27)28(31)14-15-29(31)37)11-7-5-3-2-4-6-9-19-38-20-10-8-17-32(33,34)35/h16-17,26,29-30,32-35H,3-15,18-25H2,1-2H3;12-13,22-23,27-30,36-37H,2-11,14-21H2,1H3/t29?,30-,32?,33?,34?,35?,37?;23-,27?,28?,29?,30?,31?/m01/s1. The Morgan fingerprint density at radius 3 is 1.76 bits per heavy atom. The van der Waals surface area contributed by atoms with Crippen molar-refractivity contribution in [1.29, 1.82) is 0 Å². The number of halogens is 6.